The topological polar surface area (TPSA) is 30.7 Å². The Hall–Kier alpha value is -1.03. The molecule has 2 aromatic rings. The Morgan fingerprint density at radius 1 is 1.33 bits per heavy atom. The van der Waals surface area contributed by atoms with Crippen LogP contribution in [0.15, 0.2) is 18.3 Å². The number of rotatable bonds is 2. The first-order valence-corrected chi connectivity index (χ1v) is 7.83. The van der Waals surface area contributed by atoms with Crippen LogP contribution in [0.4, 0.5) is 0 Å². The third-order valence-corrected chi connectivity index (χ3v) is 4.63. The summed E-state index contributed by atoms with van der Waals surface area (Å²) >= 11 is 2.06. The number of thioether (sulfide) groups is 1. The maximum absolute atomic E-state index is 4.85. The molecule has 96 valence electrons. The van der Waals surface area contributed by atoms with Crippen LogP contribution in [0.2, 0.25) is 0 Å². The van der Waals surface area contributed by atoms with Gasteiger partial charge in [-0.2, -0.15) is 11.8 Å². The minimum absolute atomic E-state index is 0.425. The average Bonchev–Trinajstić information content (AvgIpc) is 2.79. The molecule has 1 aliphatic rings. The fourth-order valence-corrected chi connectivity index (χ4v) is 3.81. The van der Waals surface area contributed by atoms with E-state index in [9.17, 15) is 0 Å². The van der Waals surface area contributed by atoms with Gasteiger partial charge in [-0.3, -0.25) is 0 Å². The molecule has 0 spiro atoms. The van der Waals surface area contributed by atoms with E-state index >= 15 is 0 Å². The lowest BCUT2D eigenvalue weighted by atomic mass is 10.0. The van der Waals surface area contributed by atoms with Crippen LogP contribution in [-0.2, 0) is 0 Å². The van der Waals surface area contributed by atoms with Crippen LogP contribution in [0.25, 0.3) is 11.2 Å². The van der Waals surface area contributed by atoms with Gasteiger partial charge in [-0.1, -0.05) is 0 Å². The van der Waals surface area contributed by atoms with E-state index in [0.29, 0.717) is 12.0 Å². The van der Waals surface area contributed by atoms with Gasteiger partial charge >= 0.3 is 0 Å². The second-order valence-corrected chi connectivity index (χ2v) is 6.39. The van der Waals surface area contributed by atoms with Crippen molar-refractivity contribution in [3.63, 3.8) is 0 Å². The summed E-state index contributed by atoms with van der Waals surface area (Å²) in [6, 6.07) is 4.47. The van der Waals surface area contributed by atoms with Gasteiger partial charge in [0.15, 0.2) is 5.65 Å². The van der Waals surface area contributed by atoms with E-state index < -0.39 is 0 Å². The Bertz CT molecular complexity index is 541. The Balaban J connectivity index is 2.11. The third-order valence-electron chi connectivity index (χ3n) is 3.58. The van der Waals surface area contributed by atoms with Crippen molar-refractivity contribution in [2.24, 2.45) is 0 Å². The van der Waals surface area contributed by atoms with Gasteiger partial charge in [0.1, 0.15) is 11.3 Å². The van der Waals surface area contributed by atoms with Crippen LogP contribution in [0.5, 0.6) is 0 Å². The number of aromatic nitrogens is 3. The molecule has 0 amide bonds. The Kier molecular flexibility index (Phi) is 3.29. The van der Waals surface area contributed by atoms with Gasteiger partial charge in [0, 0.05) is 18.2 Å². The van der Waals surface area contributed by atoms with E-state index in [-0.39, 0.29) is 0 Å². The predicted molar refractivity (Wildman–Crippen MR) is 77.2 cm³/mol. The SMILES string of the molecule is CC(C)n1c(C2CCSCC2)nc2cccnc21. The molecule has 0 N–H and O–H groups in total. The monoisotopic (exact) mass is 261 g/mol. The lowest BCUT2D eigenvalue weighted by Gasteiger charge is -2.23. The number of hydrogen-bond donors (Lipinski definition) is 0. The van der Waals surface area contributed by atoms with E-state index in [1.807, 2.05) is 12.3 Å². The van der Waals surface area contributed by atoms with Crippen molar-refractivity contribution >= 4 is 22.9 Å². The average molecular weight is 261 g/mol. The molecule has 3 rings (SSSR count). The first kappa shape index (κ1) is 12.0. The Labute approximate surface area is 112 Å². The van der Waals surface area contributed by atoms with Crippen LogP contribution in [0.1, 0.15) is 44.5 Å². The summed E-state index contributed by atoms with van der Waals surface area (Å²) in [7, 11) is 0. The van der Waals surface area contributed by atoms with E-state index in [1.54, 1.807) is 0 Å². The molecule has 1 fully saturated rings. The zero-order valence-corrected chi connectivity index (χ0v) is 11.8. The minimum Gasteiger partial charge on any atom is -0.310 e. The number of fused-ring (bicyclic) bond motifs is 1. The highest BCUT2D eigenvalue weighted by Crippen LogP contribution is 2.33. The number of hydrogen-bond acceptors (Lipinski definition) is 3. The quantitative estimate of drug-likeness (QED) is 0.827. The minimum atomic E-state index is 0.425. The first-order chi connectivity index (χ1) is 8.77. The van der Waals surface area contributed by atoms with E-state index in [0.717, 1.165) is 11.2 Å². The lowest BCUT2D eigenvalue weighted by molar-refractivity contribution is 0.514. The number of nitrogens with zero attached hydrogens (tertiary/aromatic N) is 3. The van der Waals surface area contributed by atoms with Crippen molar-refractivity contribution in [1.29, 1.82) is 0 Å². The molecule has 0 aromatic carbocycles. The smallest absolute Gasteiger partial charge is 0.160 e. The standard InChI is InChI=1S/C14H19N3S/c1-10(2)17-13(11-5-8-18-9-6-11)16-12-4-3-7-15-14(12)17/h3-4,7,10-11H,5-6,8-9H2,1-2H3. The van der Waals surface area contributed by atoms with Gasteiger partial charge in [0.25, 0.3) is 0 Å². The van der Waals surface area contributed by atoms with E-state index in [1.165, 1.54) is 30.2 Å². The molecule has 18 heavy (non-hydrogen) atoms. The van der Waals surface area contributed by atoms with Crippen molar-refractivity contribution in [3.05, 3.63) is 24.2 Å². The van der Waals surface area contributed by atoms with Crippen LogP contribution in [-0.4, -0.2) is 26.0 Å². The molecule has 3 nitrogen and oxygen atoms in total. The van der Waals surface area contributed by atoms with E-state index in [4.69, 9.17) is 4.98 Å². The third kappa shape index (κ3) is 2.03. The summed E-state index contributed by atoms with van der Waals surface area (Å²) in [4.78, 5) is 9.36. The maximum Gasteiger partial charge on any atom is 0.160 e. The number of pyridine rings is 1. The number of imidazole rings is 1. The molecule has 3 heterocycles. The molecule has 0 unspecified atom stereocenters. The van der Waals surface area contributed by atoms with Crippen LogP contribution in [0, 0.1) is 0 Å². The van der Waals surface area contributed by atoms with Gasteiger partial charge in [-0.15, -0.1) is 0 Å². The highest BCUT2D eigenvalue weighted by molar-refractivity contribution is 7.99. The molecule has 1 aliphatic heterocycles. The summed E-state index contributed by atoms with van der Waals surface area (Å²) < 4.78 is 2.33. The second-order valence-electron chi connectivity index (χ2n) is 5.17. The van der Waals surface area contributed by atoms with Gasteiger partial charge in [-0.05, 0) is 50.3 Å². The summed E-state index contributed by atoms with van der Waals surface area (Å²) in [5.41, 5.74) is 2.08. The lowest BCUT2D eigenvalue weighted by Crippen LogP contribution is -2.15. The van der Waals surface area contributed by atoms with Gasteiger partial charge < -0.3 is 4.57 Å². The molecule has 2 aromatic heterocycles. The molecule has 0 bridgehead atoms. The molecule has 0 radical (unpaired) electrons. The molecular weight excluding hydrogens is 242 g/mol. The predicted octanol–water partition coefficient (Wildman–Crippen LogP) is 3.62. The molecule has 1 saturated heterocycles. The zero-order chi connectivity index (χ0) is 12.5. The summed E-state index contributed by atoms with van der Waals surface area (Å²) in [6.07, 6.45) is 4.37. The Morgan fingerprint density at radius 2 is 2.11 bits per heavy atom. The van der Waals surface area contributed by atoms with Crippen LogP contribution < -0.4 is 0 Å². The maximum atomic E-state index is 4.85. The van der Waals surface area contributed by atoms with Crippen molar-refractivity contribution in [1.82, 2.24) is 14.5 Å². The molecule has 4 heteroatoms. The van der Waals surface area contributed by atoms with Crippen LogP contribution >= 0.6 is 11.8 Å². The van der Waals surface area contributed by atoms with Crippen molar-refractivity contribution in [2.75, 3.05) is 11.5 Å². The fraction of sp³-hybridized carbons (Fsp3) is 0.571. The summed E-state index contributed by atoms with van der Waals surface area (Å²) in [5, 5.41) is 0. The molecule has 0 saturated carbocycles. The van der Waals surface area contributed by atoms with Gasteiger partial charge in [-0.25, -0.2) is 9.97 Å². The van der Waals surface area contributed by atoms with E-state index in [2.05, 4.69) is 41.2 Å². The highest BCUT2D eigenvalue weighted by atomic mass is 32.2. The highest BCUT2D eigenvalue weighted by Gasteiger charge is 2.23. The van der Waals surface area contributed by atoms with Crippen LogP contribution in [0.3, 0.4) is 0 Å². The molecule has 0 atom stereocenters. The Morgan fingerprint density at radius 3 is 2.83 bits per heavy atom. The van der Waals surface area contributed by atoms with Gasteiger partial charge in [0.05, 0.1) is 0 Å². The molecular formula is C14H19N3S. The van der Waals surface area contributed by atoms with Crippen molar-refractivity contribution < 1.29 is 0 Å². The largest absolute Gasteiger partial charge is 0.310 e. The van der Waals surface area contributed by atoms with Crippen molar-refractivity contribution in [3.8, 4) is 0 Å². The second kappa shape index (κ2) is 4.92. The normalized spacial score (nSPS) is 17.7. The molecule has 0 aliphatic carbocycles. The first-order valence-electron chi connectivity index (χ1n) is 6.68. The van der Waals surface area contributed by atoms with Gasteiger partial charge in [0.2, 0.25) is 0 Å². The fourth-order valence-electron chi connectivity index (χ4n) is 2.70. The summed E-state index contributed by atoms with van der Waals surface area (Å²) in [6.45, 7) is 4.44. The summed E-state index contributed by atoms with van der Waals surface area (Å²) in [5.74, 6) is 4.39. The van der Waals surface area contributed by atoms with Crippen molar-refractivity contribution in [2.45, 2.75) is 38.6 Å². The zero-order valence-electron chi connectivity index (χ0n) is 11.0.